The Hall–Kier alpha value is -0.570. The van der Waals surface area contributed by atoms with Gasteiger partial charge in [-0.25, -0.2) is 0 Å². The molecule has 1 N–H and O–H groups in total. The lowest BCUT2D eigenvalue weighted by Gasteiger charge is -2.21. The number of carbonyl (C=O) groups excluding carboxylic acids is 1. The third-order valence-electron chi connectivity index (χ3n) is 4.46. The van der Waals surface area contributed by atoms with Crippen LogP contribution in [0.5, 0.6) is 0 Å². The lowest BCUT2D eigenvalue weighted by molar-refractivity contribution is -0.140. The average molecular weight is 256 g/mol. The van der Waals surface area contributed by atoms with Crippen LogP contribution in [0.2, 0.25) is 0 Å². The van der Waals surface area contributed by atoms with Gasteiger partial charge in [0.05, 0.1) is 7.11 Å². The molecular formula is C15H28O3. The number of esters is 1. The summed E-state index contributed by atoms with van der Waals surface area (Å²) in [5.41, 5.74) is 0. The van der Waals surface area contributed by atoms with Crippen LogP contribution in [-0.4, -0.2) is 24.8 Å². The predicted octanol–water partition coefficient (Wildman–Crippen LogP) is 3.15. The minimum atomic E-state index is -0.0974. The first kappa shape index (κ1) is 15.5. The van der Waals surface area contributed by atoms with Crippen molar-refractivity contribution in [2.75, 3.05) is 13.7 Å². The third kappa shape index (κ3) is 4.97. The highest BCUT2D eigenvalue weighted by Crippen LogP contribution is 2.39. The first-order chi connectivity index (χ1) is 8.69. The number of carbonyl (C=O) groups is 1. The van der Waals surface area contributed by atoms with E-state index in [9.17, 15) is 9.90 Å². The third-order valence-corrected chi connectivity index (χ3v) is 4.46. The highest BCUT2D eigenvalue weighted by atomic mass is 16.5. The Morgan fingerprint density at radius 1 is 1.22 bits per heavy atom. The molecule has 3 nitrogen and oxygen atoms in total. The zero-order chi connectivity index (χ0) is 13.4. The molecule has 1 fully saturated rings. The van der Waals surface area contributed by atoms with Gasteiger partial charge in [-0.2, -0.15) is 0 Å². The Kier molecular flexibility index (Phi) is 7.33. The van der Waals surface area contributed by atoms with Crippen molar-refractivity contribution in [1.82, 2.24) is 0 Å². The summed E-state index contributed by atoms with van der Waals surface area (Å²) in [4.78, 5) is 10.9. The maximum Gasteiger partial charge on any atom is 0.305 e. The molecule has 0 heterocycles. The van der Waals surface area contributed by atoms with E-state index in [-0.39, 0.29) is 5.97 Å². The number of unbranched alkanes of at least 4 members (excludes halogenated alkanes) is 3. The van der Waals surface area contributed by atoms with Crippen LogP contribution < -0.4 is 0 Å². The molecule has 1 aliphatic rings. The number of rotatable bonds is 8. The second-order valence-corrected chi connectivity index (χ2v) is 5.69. The Bertz CT molecular complexity index is 240. The lowest BCUT2D eigenvalue weighted by atomic mass is 9.86. The van der Waals surface area contributed by atoms with Gasteiger partial charge in [0.25, 0.3) is 0 Å². The summed E-state index contributed by atoms with van der Waals surface area (Å²) >= 11 is 0. The second kappa shape index (κ2) is 8.52. The standard InChI is InChI=1S/C15H28O3/c1-12-9-10-13(11-16)14(12)7-5-3-4-6-8-15(17)18-2/h12-14,16H,3-11H2,1-2H3/t12-,13+,14-/m0/s1. The number of ether oxygens (including phenoxy) is 1. The maximum atomic E-state index is 10.9. The Morgan fingerprint density at radius 3 is 2.61 bits per heavy atom. The smallest absolute Gasteiger partial charge is 0.305 e. The molecule has 1 aliphatic carbocycles. The highest BCUT2D eigenvalue weighted by Gasteiger charge is 2.31. The molecule has 0 radical (unpaired) electrons. The van der Waals surface area contributed by atoms with Crippen molar-refractivity contribution in [3.8, 4) is 0 Å². The molecule has 0 unspecified atom stereocenters. The summed E-state index contributed by atoms with van der Waals surface area (Å²) in [7, 11) is 1.44. The fourth-order valence-electron chi connectivity index (χ4n) is 3.22. The van der Waals surface area contributed by atoms with Crippen molar-refractivity contribution >= 4 is 5.97 Å². The SMILES string of the molecule is COC(=O)CCCCCC[C@@H]1[C@@H](CO)CC[C@@H]1C. The summed E-state index contributed by atoms with van der Waals surface area (Å²) in [6.07, 6.45) is 8.74. The normalized spacial score (nSPS) is 27.4. The van der Waals surface area contributed by atoms with Gasteiger partial charge >= 0.3 is 5.97 Å². The maximum absolute atomic E-state index is 10.9. The first-order valence-electron chi connectivity index (χ1n) is 7.36. The summed E-state index contributed by atoms with van der Waals surface area (Å²) in [5, 5.41) is 9.33. The van der Waals surface area contributed by atoms with Crippen LogP contribution in [0.4, 0.5) is 0 Å². The van der Waals surface area contributed by atoms with Crippen molar-refractivity contribution in [1.29, 1.82) is 0 Å². The average Bonchev–Trinajstić information content (AvgIpc) is 2.74. The molecule has 0 spiro atoms. The molecule has 0 aliphatic heterocycles. The number of hydrogen-bond donors (Lipinski definition) is 1. The zero-order valence-electron chi connectivity index (χ0n) is 11.9. The Labute approximate surface area is 111 Å². The highest BCUT2D eigenvalue weighted by molar-refractivity contribution is 5.68. The molecule has 18 heavy (non-hydrogen) atoms. The molecule has 1 rings (SSSR count). The van der Waals surface area contributed by atoms with Gasteiger partial charge in [0.2, 0.25) is 0 Å². The first-order valence-corrected chi connectivity index (χ1v) is 7.36. The van der Waals surface area contributed by atoms with Crippen molar-refractivity contribution in [2.24, 2.45) is 17.8 Å². The monoisotopic (exact) mass is 256 g/mol. The van der Waals surface area contributed by atoms with E-state index in [1.807, 2.05) is 0 Å². The van der Waals surface area contributed by atoms with E-state index in [2.05, 4.69) is 11.7 Å². The van der Waals surface area contributed by atoms with Crippen molar-refractivity contribution < 1.29 is 14.6 Å². The van der Waals surface area contributed by atoms with Crippen LogP contribution in [0.1, 0.15) is 58.3 Å². The molecule has 1 saturated carbocycles. The fourth-order valence-corrected chi connectivity index (χ4v) is 3.22. The van der Waals surface area contributed by atoms with Gasteiger partial charge in [0, 0.05) is 13.0 Å². The molecule has 0 aromatic carbocycles. The summed E-state index contributed by atoms with van der Waals surface area (Å²) < 4.78 is 4.61. The van der Waals surface area contributed by atoms with Crippen LogP contribution in [0, 0.1) is 17.8 Å². The number of aliphatic hydroxyl groups excluding tert-OH is 1. The van der Waals surface area contributed by atoms with Gasteiger partial charge in [-0.15, -0.1) is 0 Å². The summed E-state index contributed by atoms with van der Waals surface area (Å²) in [6.45, 7) is 2.68. The van der Waals surface area contributed by atoms with Crippen LogP contribution in [0.3, 0.4) is 0 Å². The molecule has 0 bridgehead atoms. The van der Waals surface area contributed by atoms with Gasteiger partial charge in [-0.05, 0) is 37.0 Å². The van der Waals surface area contributed by atoms with E-state index < -0.39 is 0 Å². The molecule has 3 heteroatoms. The largest absolute Gasteiger partial charge is 0.469 e. The fraction of sp³-hybridized carbons (Fsp3) is 0.933. The zero-order valence-corrected chi connectivity index (χ0v) is 11.9. The van der Waals surface area contributed by atoms with E-state index in [0.717, 1.165) is 24.7 Å². The molecule has 0 aromatic heterocycles. The quantitative estimate of drug-likeness (QED) is 0.536. The van der Waals surface area contributed by atoms with E-state index in [4.69, 9.17) is 0 Å². The van der Waals surface area contributed by atoms with Crippen molar-refractivity contribution in [2.45, 2.75) is 58.3 Å². The van der Waals surface area contributed by atoms with Gasteiger partial charge in [-0.3, -0.25) is 4.79 Å². The van der Waals surface area contributed by atoms with Crippen LogP contribution in [-0.2, 0) is 9.53 Å². The topological polar surface area (TPSA) is 46.5 Å². The van der Waals surface area contributed by atoms with Gasteiger partial charge in [0.1, 0.15) is 0 Å². The van der Waals surface area contributed by atoms with E-state index in [0.29, 0.717) is 18.9 Å². The molecule has 0 saturated heterocycles. The predicted molar refractivity (Wildman–Crippen MR) is 72.2 cm³/mol. The number of hydrogen-bond acceptors (Lipinski definition) is 3. The van der Waals surface area contributed by atoms with Gasteiger partial charge in [-0.1, -0.05) is 32.6 Å². The summed E-state index contributed by atoms with van der Waals surface area (Å²) in [5.74, 6) is 1.93. The Morgan fingerprint density at radius 2 is 1.94 bits per heavy atom. The van der Waals surface area contributed by atoms with Crippen LogP contribution in [0.25, 0.3) is 0 Å². The van der Waals surface area contributed by atoms with Crippen molar-refractivity contribution in [3.63, 3.8) is 0 Å². The van der Waals surface area contributed by atoms with Crippen molar-refractivity contribution in [3.05, 3.63) is 0 Å². The minimum absolute atomic E-state index is 0.0974. The van der Waals surface area contributed by atoms with Crippen LogP contribution in [0.15, 0.2) is 0 Å². The molecular weight excluding hydrogens is 228 g/mol. The van der Waals surface area contributed by atoms with E-state index in [1.165, 1.54) is 39.2 Å². The number of methoxy groups -OCH3 is 1. The van der Waals surface area contributed by atoms with Gasteiger partial charge < -0.3 is 9.84 Å². The van der Waals surface area contributed by atoms with E-state index >= 15 is 0 Å². The van der Waals surface area contributed by atoms with E-state index in [1.54, 1.807) is 0 Å². The molecule has 0 aromatic rings. The molecule has 106 valence electrons. The molecule has 0 amide bonds. The van der Waals surface area contributed by atoms with Crippen LogP contribution >= 0.6 is 0 Å². The number of aliphatic hydroxyl groups is 1. The summed E-state index contributed by atoms with van der Waals surface area (Å²) in [6, 6.07) is 0. The van der Waals surface area contributed by atoms with Gasteiger partial charge in [0.15, 0.2) is 0 Å². The minimum Gasteiger partial charge on any atom is -0.469 e. The Balaban J connectivity index is 2.05. The lowest BCUT2D eigenvalue weighted by Crippen LogP contribution is -2.16. The second-order valence-electron chi connectivity index (χ2n) is 5.69. The molecule has 3 atom stereocenters.